The van der Waals surface area contributed by atoms with Gasteiger partial charge in [-0.15, -0.1) is 0 Å². The lowest BCUT2D eigenvalue weighted by Gasteiger charge is -2.34. The summed E-state index contributed by atoms with van der Waals surface area (Å²) in [5.41, 5.74) is 1.24. The standard InChI is InChI=1S/C17H23NO2/c1-18(2)13-12-17(10-8-15(19)9-11-17)14-4-6-16(20-3)7-5-14/h4-8,10H,9,11-13H2,1-3H3. The summed E-state index contributed by atoms with van der Waals surface area (Å²) in [5, 5.41) is 0. The van der Waals surface area contributed by atoms with E-state index < -0.39 is 0 Å². The molecule has 0 bridgehead atoms. The van der Waals surface area contributed by atoms with Gasteiger partial charge in [0.25, 0.3) is 0 Å². The van der Waals surface area contributed by atoms with Crippen LogP contribution in [0.25, 0.3) is 0 Å². The Kier molecular flexibility index (Phi) is 4.61. The van der Waals surface area contributed by atoms with Gasteiger partial charge in [0.15, 0.2) is 5.78 Å². The highest BCUT2D eigenvalue weighted by Gasteiger charge is 2.32. The average Bonchev–Trinajstić information content (AvgIpc) is 2.47. The van der Waals surface area contributed by atoms with Crippen LogP contribution in [0, 0.1) is 0 Å². The molecule has 2 rings (SSSR count). The molecule has 0 saturated carbocycles. The highest BCUT2D eigenvalue weighted by atomic mass is 16.5. The van der Waals surface area contributed by atoms with Crippen LogP contribution >= 0.6 is 0 Å². The number of hydrogen-bond donors (Lipinski definition) is 0. The van der Waals surface area contributed by atoms with Crippen LogP contribution in [-0.4, -0.2) is 38.4 Å². The van der Waals surface area contributed by atoms with Crippen molar-refractivity contribution in [1.82, 2.24) is 4.90 Å². The molecule has 0 saturated heterocycles. The molecule has 1 atom stereocenters. The van der Waals surface area contributed by atoms with Gasteiger partial charge in [-0.05, 0) is 57.3 Å². The molecule has 0 heterocycles. The van der Waals surface area contributed by atoms with E-state index in [1.165, 1.54) is 5.56 Å². The molecule has 0 N–H and O–H groups in total. The fourth-order valence-electron chi connectivity index (χ4n) is 2.70. The molecule has 0 aliphatic heterocycles. The second kappa shape index (κ2) is 6.23. The van der Waals surface area contributed by atoms with Gasteiger partial charge < -0.3 is 9.64 Å². The Morgan fingerprint density at radius 2 is 1.95 bits per heavy atom. The molecule has 3 heteroatoms. The van der Waals surface area contributed by atoms with Gasteiger partial charge >= 0.3 is 0 Å². The van der Waals surface area contributed by atoms with Crippen LogP contribution in [0.1, 0.15) is 24.8 Å². The summed E-state index contributed by atoms with van der Waals surface area (Å²) in [6.07, 6.45) is 6.40. The molecule has 1 aliphatic rings. The Morgan fingerprint density at radius 1 is 1.25 bits per heavy atom. The SMILES string of the molecule is COc1ccc(C2(CCN(C)C)C=CC(=O)CC2)cc1. The van der Waals surface area contributed by atoms with Gasteiger partial charge in [-0.2, -0.15) is 0 Å². The smallest absolute Gasteiger partial charge is 0.155 e. The number of benzene rings is 1. The van der Waals surface area contributed by atoms with Gasteiger partial charge in [-0.1, -0.05) is 18.2 Å². The molecular formula is C17H23NO2. The Hall–Kier alpha value is -1.61. The van der Waals surface area contributed by atoms with Crippen LogP contribution in [0.5, 0.6) is 5.75 Å². The van der Waals surface area contributed by atoms with E-state index in [-0.39, 0.29) is 11.2 Å². The van der Waals surface area contributed by atoms with Crippen molar-refractivity contribution in [3.8, 4) is 5.75 Å². The van der Waals surface area contributed by atoms with Gasteiger partial charge in [0.05, 0.1) is 7.11 Å². The lowest BCUT2D eigenvalue weighted by Crippen LogP contribution is -2.32. The lowest BCUT2D eigenvalue weighted by atomic mass is 9.71. The second-order valence-electron chi connectivity index (χ2n) is 5.74. The highest BCUT2D eigenvalue weighted by molar-refractivity contribution is 5.91. The third-order valence-corrected chi connectivity index (χ3v) is 4.08. The first-order valence-electron chi connectivity index (χ1n) is 7.07. The Balaban J connectivity index is 2.29. The molecular weight excluding hydrogens is 250 g/mol. The van der Waals surface area contributed by atoms with E-state index in [1.54, 1.807) is 13.2 Å². The average molecular weight is 273 g/mol. The zero-order chi connectivity index (χ0) is 14.6. The van der Waals surface area contributed by atoms with Gasteiger partial charge in [0.1, 0.15) is 5.75 Å². The summed E-state index contributed by atoms with van der Waals surface area (Å²) in [6.45, 7) is 1.00. The van der Waals surface area contributed by atoms with Crippen LogP contribution in [0.3, 0.4) is 0 Å². The molecule has 0 radical (unpaired) electrons. The minimum Gasteiger partial charge on any atom is -0.497 e. The number of nitrogens with zero attached hydrogens (tertiary/aromatic N) is 1. The van der Waals surface area contributed by atoms with Crippen molar-refractivity contribution in [2.45, 2.75) is 24.7 Å². The molecule has 0 amide bonds. The number of ketones is 1. The highest BCUT2D eigenvalue weighted by Crippen LogP contribution is 2.38. The molecule has 1 unspecified atom stereocenters. The van der Waals surface area contributed by atoms with Crippen LogP contribution in [-0.2, 0) is 10.2 Å². The van der Waals surface area contributed by atoms with Crippen LogP contribution in [0.15, 0.2) is 36.4 Å². The van der Waals surface area contributed by atoms with E-state index in [0.29, 0.717) is 6.42 Å². The molecule has 0 fully saturated rings. The largest absolute Gasteiger partial charge is 0.497 e. The lowest BCUT2D eigenvalue weighted by molar-refractivity contribution is -0.115. The van der Waals surface area contributed by atoms with E-state index >= 15 is 0 Å². The van der Waals surface area contributed by atoms with Gasteiger partial charge in [0, 0.05) is 11.8 Å². The van der Waals surface area contributed by atoms with E-state index in [2.05, 4.69) is 37.2 Å². The Bertz CT molecular complexity index is 490. The van der Waals surface area contributed by atoms with Crippen molar-refractivity contribution in [1.29, 1.82) is 0 Å². The maximum atomic E-state index is 11.5. The summed E-state index contributed by atoms with van der Waals surface area (Å²) in [6, 6.07) is 8.23. The maximum Gasteiger partial charge on any atom is 0.155 e. The van der Waals surface area contributed by atoms with Crippen LogP contribution in [0.2, 0.25) is 0 Å². The van der Waals surface area contributed by atoms with Crippen LogP contribution in [0.4, 0.5) is 0 Å². The monoisotopic (exact) mass is 273 g/mol. The van der Waals surface area contributed by atoms with E-state index in [1.807, 2.05) is 12.1 Å². The Labute approximate surface area is 121 Å². The van der Waals surface area contributed by atoms with E-state index in [9.17, 15) is 4.79 Å². The number of rotatable bonds is 5. The van der Waals surface area contributed by atoms with Crippen molar-refractivity contribution in [2.75, 3.05) is 27.7 Å². The number of methoxy groups -OCH3 is 1. The third-order valence-electron chi connectivity index (χ3n) is 4.08. The number of allylic oxidation sites excluding steroid dienone is 2. The number of hydrogen-bond acceptors (Lipinski definition) is 3. The predicted molar refractivity (Wildman–Crippen MR) is 81.2 cm³/mol. The zero-order valence-corrected chi connectivity index (χ0v) is 12.6. The summed E-state index contributed by atoms with van der Waals surface area (Å²) >= 11 is 0. The third kappa shape index (κ3) is 3.28. The summed E-state index contributed by atoms with van der Waals surface area (Å²) in [5.74, 6) is 1.10. The number of ether oxygens (including phenoxy) is 1. The van der Waals surface area contributed by atoms with Crippen molar-refractivity contribution in [3.05, 3.63) is 42.0 Å². The molecule has 1 aromatic carbocycles. The van der Waals surface area contributed by atoms with Crippen molar-refractivity contribution in [3.63, 3.8) is 0 Å². The Morgan fingerprint density at radius 3 is 2.45 bits per heavy atom. The summed E-state index contributed by atoms with van der Waals surface area (Å²) in [7, 11) is 5.84. The van der Waals surface area contributed by atoms with E-state index in [0.717, 1.165) is 25.1 Å². The normalized spacial score (nSPS) is 22.3. The molecule has 108 valence electrons. The van der Waals surface area contributed by atoms with Gasteiger partial charge in [-0.3, -0.25) is 4.79 Å². The fraction of sp³-hybridized carbons (Fsp3) is 0.471. The van der Waals surface area contributed by atoms with Crippen molar-refractivity contribution in [2.24, 2.45) is 0 Å². The first kappa shape index (κ1) is 14.8. The molecule has 1 aliphatic carbocycles. The zero-order valence-electron chi connectivity index (χ0n) is 12.6. The molecule has 1 aromatic rings. The van der Waals surface area contributed by atoms with Crippen LogP contribution < -0.4 is 4.74 Å². The number of carbonyl (C=O) groups excluding carboxylic acids is 1. The molecule has 0 spiro atoms. The quantitative estimate of drug-likeness (QED) is 0.826. The molecule has 20 heavy (non-hydrogen) atoms. The minimum absolute atomic E-state index is 0.0234. The van der Waals surface area contributed by atoms with Gasteiger partial charge in [-0.25, -0.2) is 0 Å². The predicted octanol–water partition coefficient (Wildman–Crippen LogP) is 2.80. The topological polar surface area (TPSA) is 29.5 Å². The van der Waals surface area contributed by atoms with Gasteiger partial charge in [0.2, 0.25) is 0 Å². The second-order valence-corrected chi connectivity index (χ2v) is 5.74. The van der Waals surface area contributed by atoms with Crippen molar-refractivity contribution < 1.29 is 9.53 Å². The minimum atomic E-state index is -0.0234. The molecule has 0 aromatic heterocycles. The molecule has 3 nitrogen and oxygen atoms in total. The van der Waals surface area contributed by atoms with E-state index in [4.69, 9.17) is 4.74 Å². The first-order chi connectivity index (χ1) is 9.55. The first-order valence-corrected chi connectivity index (χ1v) is 7.07. The summed E-state index contributed by atoms with van der Waals surface area (Å²) in [4.78, 5) is 13.7. The maximum absolute atomic E-state index is 11.5. The van der Waals surface area contributed by atoms with Crippen molar-refractivity contribution >= 4 is 5.78 Å². The number of carbonyl (C=O) groups is 1. The fourth-order valence-corrected chi connectivity index (χ4v) is 2.70. The summed E-state index contributed by atoms with van der Waals surface area (Å²) < 4.78 is 5.22.